The van der Waals surface area contributed by atoms with E-state index in [4.69, 9.17) is 9.47 Å². The van der Waals surface area contributed by atoms with Gasteiger partial charge >= 0.3 is 11.9 Å². The van der Waals surface area contributed by atoms with E-state index in [1.54, 1.807) is 0 Å². The molecule has 0 radical (unpaired) electrons. The molecular weight excluding hydrogens is 1000 g/mol. The van der Waals surface area contributed by atoms with Crippen molar-refractivity contribution in [3.63, 3.8) is 0 Å². The third-order valence-electron chi connectivity index (χ3n) is 17.1. The van der Waals surface area contributed by atoms with Gasteiger partial charge in [-0.15, -0.1) is 0 Å². The lowest BCUT2D eigenvalue weighted by Crippen LogP contribution is -2.28. The third kappa shape index (κ3) is 70.3. The quantitative estimate of drug-likeness (QED) is 0.0373. The lowest BCUT2D eigenvalue weighted by atomic mass is 10.0. The highest BCUT2D eigenvalue weighted by molar-refractivity contribution is 5.70. The van der Waals surface area contributed by atoms with E-state index < -0.39 is 6.10 Å². The zero-order chi connectivity index (χ0) is 59.1. The summed E-state index contributed by atoms with van der Waals surface area (Å²) >= 11 is 0. The molecule has 0 amide bonds. The maximum Gasteiger partial charge on any atom is 0.306 e. The molecule has 482 valence electrons. The molecule has 0 aromatic rings. The second kappa shape index (κ2) is 73.1. The molecular formula is C77H144O5. The number of ether oxygens (including phenoxy) is 2. The Balaban J connectivity index is 3.37. The molecule has 0 aliphatic carbocycles. The summed E-state index contributed by atoms with van der Waals surface area (Å²) in [7, 11) is 0. The Bertz CT molecular complexity index is 1350. The molecule has 0 rings (SSSR count). The second-order valence-electron chi connectivity index (χ2n) is 25.4. The fourth-order valence-corrected chi connectivity index (χ4v) is 11.5. The van der Waals surface area contributed by atoms with Gasteiger partial charge in [0.1, 0.15) is 6.61 Å². The van der Waals surface area contributed by atoms with Crippen LogP contribution in [0.4, 0.5) is 0 Å². The topological polar surface area (TPSA) is 72.8 Å². The Morgan fingerprint density at radius 3 is 0.720 bits per heavy atom. The average molecular weight is 1150 g/mol. The minimum Gasteiger partial charge on any atom is -0.462 e. The van der Waals surface area contributed by atoms with Crippen LogP contribution in [0.5, 0.6) is 0 Å². The summed E-state index contributed by atoms with van der Waals surface area (Å²) < 4.78 is 10.8. The van der Waals surface area contributed by atoms with Crippen molar-refractivity contribution in [1.29, 1.82) is 0 Å². The van der Waals surface area contributed by atoms with E-state index >= 15 is 0 Å². The largest absolute Gasteiger partial charge is 0.462 e. The number of hydrogen-bond acceptors (Lipinski definition) is 5. The molecule has 0 fully saturated rings. The molecule has 5 heteroatoms. The smallest absolute Gasteiger partial charge is 0.306 e. The molecule has 0 spiro atoms. The Kier molecular flexibility index (Phi) is 71.2. The first kappa shape index (κ1) is 79.9. The van der Waals surface area contributed by atoms with Crippen LogP contribution >= 0.6 is 0 Å². The average Bonchev–Trinajstić information content (AvgIpc) is 3.49. The van der Waals surface area contributed by atoms with Crippen LogP contribution in [-0.2, 0) is 19.1 Å². The molecule has 1 N–H and O–H groups in total. The molecule has 0 bridgehead atoms. The highest BCUT2D eigenvalue weighted by atomic mass is 16.6. The fraction of sp³-hybridized carbons (Fsp3) is 0.870. The number of unbranched alkanes of at least 4 members (excludes halogenated alkanes) is 54. The summed E-state index contributed by atoms with van der Waals surface area (Å²) in [6, 6.07) is 0. The Morgan fingerprint density at radius 2 is 0.488 bits per heavy atom. The number of allylic oxidation sites excluding steroid dienone is 8. The minimum absolute atomic E-state index is 0.0600. The van der Waals surface area contributed by atoms with Gasteiger partial charge in [0.25, 0.3) is 0 Å². The van der Waals surface area contributed by atoms with Crippen molar-refractivity contribution in [1.82, 2.24) is 0 Å². The van der Waals surface area contributed by atoms with Gasteiger partial charge in [-0.25, -0.2) is 0 Å². The molecule has 0 saturated heterocycles. The van der Waals surface area contributed by atoms with Crippen molar-refractivity contribution < 1.29 is 24.2 Å². The number of esters is 2. The normalized spacial score (nSPS) is 12.4. The van der Waals surface area contributed by atoms with Crippen molar-refractivity contribution >= 4 is 11.9 Å². The number of carbonyl (C=O) groups excluding carboxylic acids is 2. The van der Waals surface area contributed by atoms with Crippen LogP contribution in [0.1, 0.15) is 412 Å². The van der Waals surface area contributed by atoms with Crippen molar-refractivity contribution in [3.05, 3.63) is 48.6 Å². The molecule has 0 saturated carbocycles. The van der Waals surface area contributed by atoms with Crippen molar-refractivity contribution in [2.24, 2.45) is 0 Å². The van der Waals surface area contributed by atoms with E-state index in [9.17, 15) is 14.7 Å². The first-order chi connectivity index (χ1) is 40.6. The van der Waals surface area contributed by atoms with Crippen molar-refractivity contribution in [3.8, 4) is 0 Å². The van der Waals surface area contributed by atoms with Crippen LogP contribution in [0, 0.1) is 0 Å². The van der Waals surface area contributed by atoms with E-state index in [0.717, 1.165) is 51.4 Å². The van der Waals surface area contributed by atoms with Crippen LogP contribution in [0.25, 0.3) is 0 Å². The molecule has 0 aromatic carbocycles. The van der Waals surface area contributed by atoms with Gasteiger partial charge in [-0.05, 0) is 77.0 Å². The summed E-state index contributed by atoms with van der Waals surface area (Å²) in [6.07, 6.45) is 98.9. The van der Waals surface area contributed by atoms with Gasteiger partial charge in [0, 0.05) is 12.8 Å². The third-order valence-corrected chi connectivity index (χ3v) is 17.1. The van der Waals surface area contributed by atoms with E-state index in [0.29, 0.717) is 12.8 Å². The van der Waals surface area contributed by atoms with E-state index in [1.165, 1.54) is 334 Å². The highest BCUT2D eigenvalue weighted by Gasteiger charge is 2.16. The Hall–Kier alpha value is -2.14. The van der Waals surface area contributed by atoms with Gasteiger partial charge in [0.05, 0.1) is 6.61 Å². The summed E-state index contributed by atoms with van der Waals surface area (Å²) in [6.45, 7) is 4.18. The highest BCUT2D eigenvalue weighted by Crippen LogP contribution is 2.19. The first-order valence-electron chi connectivity index (χ1n) is 37.2. The second-order valence-corrected chi connectivity index (χ2v) is 25.4. The van der Waals surface area contributed by atoms with E-state index in [1.807, 2.05) is 0 Å². The maximum atomic E-state index is 12.4. The van der Waals surface area contributed by atoms with Crippen molar-refractivity contribution in [2.75, 3.05) is 13.2 Å². The zero-order valence-electron chi connectivity index (χ0n) is 55.5. The molecule has 82 heavy (non-hydrogen) atoms. The fourth-order valence-electron chi connectivity index (χ4n) is 11.5. The lowest BCUT2D eigenvalue weighted by Gasteiger charge is -2.15. The minimum atomic E-state index is -0.771. The molecule has 0 aliphatic rings. The maximum absolute atomic E-state index is 12.4. The molecule has 1 atom stereocenters. The molecule has 1 unspecified atom stereocenters. The summed E-state index contributed by atoms with van der Waals surface area (Å²) in [5, 5.41) is 9.71. The summed E-state index contributed by atoms with van der Waals surface area (Å²) in [5.41, 5.74) is 0. The van der Waals surface area contributed by atoms with Gasteiger partial charge in [-0.2, -0.15) is 0 Å². The van der Waals surface area contributed by atoms with Crippen LogP contribution in [0.2, 0.25) is 0 Å². The van der Waals surface area contributed by atoms with Gasteiger partial charge in [0.15, 0.2) is 6.10 Å². The molecule has 0 heterocycles. The number of aliphatic hydroxyl groups excluding tert-OH is 1. The SMILES string of the molecule is CCCCCCC/C=C\C/C=C\CCCCCCCCCCCCCCCCCCCCCCCCCCCCCC(=O)OC(CO)COC(=O)CCCCCCCCCCCCCCCCCCC/C=C\C/C=C\CCCCCCC. The van der Waals surface area contributed by atoms with Crippen LogP contribution in [-0.4, -0.2) is 36.4 Å². The van der Waals surface area contributed by atoms with Gasteiger partial charge in [-0.1, -0.05) is 371 Å². The van der Waals surface area contributed by atoms with Gasteiger partial charge in [0.2, 0.25) is 0 Å². The van der Waals surface area contributed by atoms with Gasteiger partial charge in [-0.3, -0.25) is 9.59 Å². The predicted molar refractivity (Wildman–Crippen MR) is 362 cm³/mol. The summed E-state index contributed by atoms with van der Waals surface area (Å²) in [4.78, 5) is 24.7. The molecule has 5 nitrogen and oxygen atoms in total. The Labute approximate surface area is 513 Å². The number of hydrogen-bond donors (Lipinski definition) is 1. The number of aliphatic hydroxyl groups is 1. The number of rotatable bonds is 70. The van der Waals surface area contributed by atoms with Crippen molar-refractivity contribution in [2.45, 2.75) is 418 Å². The van der Waals surface area contributed by atoms with Crippen LogP contribution in [0.3, 0.4) is 0 Å². The summed E-state index contributed by atoms with van der Waals surface area (Å²) in [5.74, 6) is -0.566. The zero-order valence-corrected chi connectivity index (χ0v) is 55.5. The monoisotopic (exact) mass is 1150 g/mol. The lowest BCUT2D eigenvalue weighted by molar-refractivity contribution is -0.161. The number of carbonyl (C=O) groups is 2. The molecule has 0 aliphatic heterocycles. The van der Waals surface area contributed by atoms with Gasteiger partial charge < -0.3 is 14.6 Å². The standard InChI is InChI=1S/C77H144O5/c1-3-5-7-9-11-13-15-17-19-21-23-25-27-29-31-33-34-35-36-37-38-39-40-41-42-44-46-48-50-52-54-56-58-60-62-64-66-68-70-72-77(80)82-75(73-78)74-81-76(79)71-69-67-65-63-61-59-57-55-53-51-49-47-45-43-32-30-28-26-24-22-20-18-16-14-12-10-8-6-4-2/h15-18,21-24,75,78H,3-14,19-20,25-74H2,1-2H3/b17-15-,18-16-,23-21-,24-22-. The van der Waals surface area contributed by atoms with E-state index in [-0.39, 0.29) is 25.2 Å². The van der Waals surface area contributed by atoms with E-state index in [2.05, 4.69) is 62.5 Å². The predicted octanol–water partition coefficient (Wildman–Crippen LogP) is 25.9. The Morgan fingerprint density at radius 1 is 0.280 bits per heavy atom. The van der Waals surface area contributed by atoms with Crippen LogP contribution < -0.4 is 0 Å². The molecule has 0 aromatic heterocycles. The first-order valence-corrected chi connectivity index (χ1v) is 37.2. The van der Waals surface area contributed by atoms with Crippen LogP contribution in [0.15, 0.2) is 48.6 Å².